The molecular weight excluding hydrogens is 426 g/mol. The SMILES string of the molecule is Cc1nc(N[C@@H]2CCCc3ccccc32)cc(-c2ccc(Cl)c(COC(C)C(=O)O)c2)n1. The fourth-order valence-electron chi connectivity index (χ4n) is 4.00. The van der Waals surface area contributed by atoms with Crippen LogP contribution >= 0.6 is 11.6 Å². The van der Waals surface area contributed by atoms with E-state index in [0.29, 0.717) is 16.4 Å². The van der Waals surface area contributed by atoms with Crippen LogP contribution in [0.4, 0.5) is 5.82 Å². The zero-order valence-corrected chi connectivity index (χ0v) is 18.9. The third-order valence-electron chi connectivity index (χ3n) is 5.71. The molecule has 3 aromatic rings. The van der Waals surface area contributed by atoms with Crippen molar-refractivity contribution in [3.8, 4) is 11.3 Å². The number of aryl methyl sites for hydroxylation is 2. The number of rotatable bonds is 7. The monoisotopic (exact) mass is 451 g/mol. The predicted octanol–water partition coefficient (Wildman–Crippen LogP) is 5.58. The number of ether oxygens (including phenoxy) is 1. The van der Waals surface area contributed by atoms with E-state index in [-0.39, 0.29) is 12.6 Å². The van der Waals surface area contributed by atoms with Gasteiger partial charge in [0.2, 0.25) is 0 Å². The molecule has 2 N–H and O–H groups in total. The molecule has 0 bridgehead atoms. The van der Waals surface area contributed by atoms with Crippen molar-refractivity contribution in [3.05, 3.63) is 76.1 Å². The first-order chi connectivity index (χ1) is 15.4. The second kappa shape index (κ2) is 9.67. The number of aromatic nitrogens is 2. The van der Waals surface area contributed by atoms with Gasteiger partial charge in [-0.2, -0.15) is 0 Å². The van der Waals surface area contributed by atoms with Crippen molar-refractivity contribution < 1.29 is 14.6 Å². The molecule has 1 aliphatic rings. The van der Waals surface area contributed by atoms with E-state index in [2.05, 4.69) is 39.6 Å². The van der Waals surface area contributed by atoms with E-state index < -0.39 is 12.1 Å². The van der Waals surface area contributed by atoms with Gasteiger partial charge < -0.3 is 15.2 Å². The number of hydrogen-bond acceptors (Lipinski definition) is 5. The second-order valence-electron chi connectivity index (χ2n) is 8.07. The number of carboxylic acids is 1. The molecule has 4 rings (SSSR count). The molecule has 0 spiro atoms. The average Bonchev–Trinajstić information content (AvgIpc) is 2.78. The summed E-state index contributed by atoms with van der Waals surface area (Å²) < 4.78 is 5.41. The lowest BCUT2D eigenvalue weighted by Gasteiger charge is -2.27. The lowest BCUT2D eigenvalue weighted by atomic mass is 9.88. The average molecular weight is 452 g/mol. The Bertz CT molecular complexity index is 1140. The topological polar surface area (TPSA) is 84.3 Å². The number of benzene rings is 2. The number of carboxylic acid groups (broad SMARTS) is 1. The molecule has 0 amide bonds. The van der Waals surface area contributed by atoms with Crippen molar-refractivity contribution in [1.82, 2.24) is 9.97 Å². The maximum absolute atomic E-state index is 11.0. The second-order valence-corrected chi connectivity index (χ2v) is 8.48. The van der Waals surface area contributed by atoms with Crippen molar-refractivity contribution >= 4 is 23.4 Å². The molecule has 0 aliphatic heterocycles. The van der Waals surface area contributed by atoms with E-state index in [4.69, 9.17) is 21.4 Å². The molecule has 1 aliphatic carbocycles. The molecule has 2 atom stereocenters. The Morgan fingerprint density at radius 2 is 2.06 bits per heavy atom. The molecule has 7 heteroatoms. The number of hydrogen-bond donors (Lipinski definition) is 2. The van der Waals surface area contributed by atoms with Crippen LogP contribution in [-0.2, 0) is 22.6 Å². The highest BCUT2D eigenvalue weighted by molar-refractivity contribution is 6.31. The summed E-state index contributed by atoms with van der Waals surface area (Å²) in [7, 11) is 0. The van der Waals surface area contributed by atoms with E-state index in [0.717, 1.165) is 36.3 Å². The number of fused-ring (bicyclic) bond motifs is 1. The van der Waals surface area contributed by atoms with Gasteiger partial charge in [-0.3, -0.25) is 0 Å². The highest BCUT2D eigenvalue weighted by Crippen LogP contribution is 2.33. The molecule has 0 radical (unpaired) electrons. The first-order valence-electron chi connectivity index (χ1n) is 10.7. The Labute approximate surface area is 192 Å². The van der Waals surface area contributed by atoms with Crippen molar-refractivity contribution in [1.29, 1.82) is 0 Å². The van der Waals surface area contributed by atoms with E-state index in [1.165, 1.54) is 18.1 Å². The number of nitrogens with one attached hydrogen (secondary N) is 1. The van der Waals surface area contributed by atoms with Gasteiger partial charge in [-0.05, 0) is 61.9 Å². The Morgan fingerprint density at radius 3 is 2.88 bits per heavy atom. The molecule has 0 saturated heterocycles. The summed E-state index contributed by atoms with van der Waals surface area (Å²) in [5.74, 6) is 0.437. The molecule has 1 heterocycles. The normalized spacial score (nSPS) is 16.3. The highest BCUT2D eigenvalue weighted by Gasteiger charge is 2.20. The fraction of sp³-hybridized carbons (Fsp3) is 0.320. The molecule has 6 nitrogen and oxygen atoms in total. The molecule has 32 heavy (non-hydrogen) atoms. The number of halogens is 1. The lowest BCUT2D eigenvalue weighted by molar-refractivity contribution is -0.149. The lowest BCUT2D eigenvalue weighted by Crippen LogP contribution is -2.19. The minimum atomic E-state index is -1.01. The summed E-state index contributed by atoms with van der Waals surface area (Å²) >= 11 is 6.31. The molecule has 0 saturated carbocycles. The number of aliphatic carboxylic acids is 1. The fourth-order valence-corrected chi connectivity index (χ4v) is 4.17. The Morgan fingerprint density at radius 1 is 1.25 bits per heavy atom. The van der Waals surface area contributed by atoms with Gasteiger partial charge in [0.05, 0.1) is 18.3 Å². The third-order valence-corrected chi connectivity index (χ3v) is 6.08. The zero-order valence-electron chi connectivity index (χ0n) is 18.1. The van der Waals surface area contributed by atoms with Crippen LogP contribution in [0.3, 0.4) is 0 Å². The van der Waals surface area contributed by atoms with Gasteiger partial charge >= 0.3 is 5.97 Å². The predicted molar refractivity (Wildman–Crippen MR) is 125 cm³/mol. The molecule has 1 unspecified atom stereocenters. The van der Waals surface area contributed by atoms with E-state index >= 15 is 0 Å². The van der Waals surface area contributed by atoms with Crippen LogP contribution in [0.25, 0.3) is 11.3 Å². The maximum Gasteiger partial charge on any atom is 0.332 e. The van der Waals surface area contributed by atoms with E-state index in [1.54, 1.807) is 6.07 Å². The van der Waals surface area contributed by atoms with Crippen LogP contribution in [0, 0.1) is 6.92 Å². The van der Waals surface area contributed by atoms with Crippen molar-refractivity contribution in [2.24, 2.45) is 0 Å². The summed E-state index contributed by atoms with van der Waals surface area (Å²) in [5, 5.41) is 13.2. The Kier molecular flexibility index (Phi) is 6.72. The highest BCUT2D eigenvalue weighted by atomic mass is 35.5. The van der Waals surface area contributed by atoms with Gasteiger partial charge in [-0.1, -0.05) is 41.9 Å². The number of carbonyl (C=O) groups is 1. The summed E-state index contributed by atoms with van der Waals surface area (Å²) in [5.41, 5.74) is 5.07. The quantitative estimate of drug-likeness (QED) is 0.487. The Hall–Kier alpha value is -2.96. The maximum atomic E-state index is 11.0. The van der Waals surface area contributed by atoms with Crippen LogP contribution in [-0.4, -0.2) is 27.1 Å². The largest absolute Gasteiger partial charge is 0.479 e. The van der Waals surface area contributed by atoms with Crippen LogP contribution in [0.5, 0.6) is 0 Å². The van der Waals surface area contributed by atoms with Crippen LogP contribution in [0.1, 0.15) is 48.3 Å². The van der Waals surface area contributed by atoms with E-state index in [1.807, 2.05) is 25.1 Å². The summed E-state index contributed by atoms with van der Waals surface area (Å²) in [6, 6.07) is 16.3. The van der Waals surface area contributed by atoms with Gasteiger partial charge in [-0.25, -0.2) is 14.8 Å². The van der Waals surface area contributed by atoms with Crippen molar-refractivity contribution in [3.63, 3.8) is 0 Å². The molecular formula is C25H26ClN3O3. The third kappa shape index (κ3) is 5.09. The minimum Gasteiger partial charge on any atom is -0.479 e. The van der Waals surface area contributed by atoms with Crippen LogP contribution in [0.15, 0.2) is 48.5 Å². The summed E-state index contributed by atoms with van der Waals surface area (Å²) in [4.78, 5) is 20.2. The smallest absolute Gasteiger partial charge is 0.332 e. The zero-order chi connectivity index (χ0) is 22.7. The molecule has 1 aromatic heterocycles. The first kappa shape index (κ1) is 22.2. The van der Waals surface area contributed by atoms with Crippen molar-refractivity contribution in [2.45, 2.75) is 51.9 Å². The molecule has 0 fully saturated rings. The van der Waals surface area contributed by atoms with Crippen LogP contribution < -0.4 is 5.32 Å². The minimum absolute atomic E-state index is 0.105. The van der Waals surface area contributed by atoms with Gasteiger partial charge in [0.15, 0.2) is 6.10 Å². The van der Waals surface area contributed by atoms with Crippen molar-refractivity contribution in [2.75, 3.05) is 5.32 Å². The number of nitrogens with zero attached hydrogens (tertiary/aromatic N) is 2. The standard InChI is InChI=1S/C25H26ClN3O3/c1-15(25(30)31)32-14-19-12-18(10-11-21(19)26)23-13-24(28-16(2)27-23)29-22-9-5-7-17-6-3-4-8-20(17)22/h3-4,6,8,10-13,15,22H,5,7,9,14H2,1-2H3,(H,30,31)(H,27,28,29)/t15?,22-/m1/s1. The summed E-state index contributed by atoms with van der Waals surface area (Å²) in [6.07, 6.45) is 2.39. The Balaban J connectivity index is 1.58. The van der Waals surface area contributed by atoms with Gasteiger partial charge in [0.1, 0.15) is 11.6 Å². The molecule has 166 valence electrons. The van der Waals surface area contributed by atoms with Gasteiger partial charge in [0.25, 0.3) is 0 Å². The first-order valence-corrected chi connectivity index (χ1v) is 11.1. The van der Waals surface area contributed by atoms with Gasteiger partial charge in [0, 0.05) is 16.7 Å². The number of anilines is 1. The van der Waals surface area contributed by atoms with Gasteiger partial charge in [-0.15, -0.1) is 0 Å². The summed E-state index contributed by atoms with van der Waals surface area (Å²) in [6.45, 7) is 3.47. The van der Waals surface area contributed by atoms with Crippen LogP contribution in [0.2, 0.25) is 5.02 Å². The van der Waals surface area contributed by atoms with E-state index in [9.17, 15) is 4.79 Å². The molecule has 2 aromatic carbocycles.